The first kappa shape index (κ1) is 11.4. The Morgan fingerprint density at radius 3 is 2.89 bits per heavy atom. The molecule has 0 spiro atoms. The minimum absolute atomic E-state index is 0.207. The molecule has 8 nitrogen and oxygen atoms in total. The van der Waals surface area contributed by atoms with Gasteiger partial charge in [0.1, 0.15) is 12.7 Å². The quantitative estimate of drug-likeness (QED) is 0.756. The second kappa shape index (κ2) is 4.90. The molecule has 1 amide bonds. The number of nitrogens with zero attached hydrogens (tertiary/aromatic N) is 6. The molecule has 0 aliphatic carbocycles. The summed E-state index contributed by atoms with van der Waals surface area (Å²) in [7, 11) is 0. The molecule has 0 unspecified atom stereocenters. The van der Waals surface area contributed by atoms with Crippen molar-refractivity contribution >= 4 is 22.4 Å². The summed E-state index contributed by atoms with van der Waals surface area (Å²) in [5.41, 5.74) is 0.207. The third kappa shape index (κ3) is 2.45. The third-order valence-corrected chi connectivity index (χ3v) is 2.88. The van der Waals surface area contributed by atoms with Crippen LogP contribution in [0.4, 0.5) is 5.13 Å². The van der Waals surface area contributed by atoms with Crippen LogP contribution in [0.1, 0.15) is 10.5 Å². The van der Waals surface area contributed by atoms with Gasteiger partial charge in [-0.05, 0) is 12.1 Å². The van der Waals surface area contributed by atoms with Crippen LogP contribution in [0.25, 0.3) is 5.82 Å². The maximum atomic E-state index is 11.8. The normalized spacial score (nSPS) is 10.3. The van der Waals surface area contributed by atoms with Crippen LogP contribution in [0.5, 0.6) is 0 Å². The first-order chi connectivity index (χ1) is 9.33. The number of carbonyl (C=O) groups is 1. The second-order valence-electron chi connectivity index (χ2n) is 3.41. The molecule has 3 aromatic heterocycles. The van der Waals surface area contributed by atoms with E-state index in [0.29, 0.717) is 10.9 Å². The van der Waals surface area contributed by atoms with Crippen molar-refractivity contribution in [3.63, 3.8) is 0 Å². The predicted molar refractivity (Wildman–Crippen MR) is 67.0 cm³/mol. The topological polar surface area (TPSA) is 98.5 Å². The Kier molecular flexibility index (Phi) is 2.94. The molecule has 9 heteroatoms. The maximum Gasteiger partial charge on any atom is 0.277 e. The van der Waals surface area contributed by atoms with Gasteiger partial charge < -0.3 is 0 Å². The third-order valence-electron chi connectivity index (χ3n) is 2.19. The fourth-order valence-corrected chi connectivity index (χ4v) is 1.87. The zero-order valence-electron chi connectivity index (χ0n) is 9.46. The molecule has 0 saturated carbocycles. The summed E-state index contributed by atoms with van der Waals surface area (Å²) in [5.74, 6) is 0.135. The Bertz CT molecular complexity index is 662. The van der Waals surface area contributed by atoms with Crippen molar-refractivity contribution in [2.24, 2.45) is 0 Å². The van der Waals surface area contributed by atoms with E-state index in [4.69, 9.17) is 0 Å². The van der Waals surface area contributed by atoms with Gasteiger partial charge in [0.25, 0.3) is 5.91 Å². The standard InChI is InChI=1S/C10H7N7OS/c18-9(14-10-12-3-4-19-10)7-1-2-8(16-15-7)17-6-11-5-13-17/h1-6H,(H,12,14,18). The average Bonchev–Trinajstić information content (AvgIpc) is 3.12. The van der Waals surface area contributed by atoms with Crippen LogP contribution in [0.3, 0.4) is 0 Å². The second-order valence-corrected chi connectivity index (χ2v) is 4.30. The van der Waals surface area contributed by atoms with Crippen LogP contribution in [-0.2, 0) is 0 Å². The Balaban J connectivity index is 1.77. The van der Waals surface area contributed by atoms with E-state index in [0.717, 1.165) is 0 Å². The van der Waals surface area contributed by atoms with Gasteiger partial charge in [0.2, 0.25) is 0 Å². The number of carbonyl (C=O) groups excluding carboxylic acids is 1. The number of amides is 1. The Labute approximate surface area is 111 Å². The van der Waals surface area contributed by atoms with E-state index in [2.05, 4.69) is 30.6 Å². The van der Waals surface area contributed by atoms with E-state index in [1.165, 1.54) is 28.7 Å². The lowest BCUT2D eigenvalue weighted by Crippen LogP contribution is -2.14. The number of nitrogens with one attached hydrogen (secondary N) is 1. The molecule has 0 fully saturated rings. The van der Waals surface area contributed by atoms with Crippen LogP contribution in [0.2, 0.25) is 0 Å². The monoisotopic (exact) mass is 273 g/mol. The molecule has 3 rings (SSSR count). The SMILES string of the molecule is O=C(Nc1nccs1)c1ccc(-n2cncn2)nn1. The van der Waals surface area contributed by atoms with Gasteiger partial charge in [0.05, 0.1) is 0 Å². The lowest BCUT2D eigenvalue weighted by Gasteiger charge is -2.01. The maximum absolute atomic E-state index is 11.8. The fraction of sp³-hybridized carbons (Fsp3) is 0. The molecule has 0 saturated heterocycles. The molecule has 3 aromatic rings. The molecule has 0 aromatic carbocycles. The summed E-state index contributed by atoms with van der Waals surface area (Å²) < 4.78 is 1.45. The van der Waals surface area contributed by atoms with Crippen molar-refractivity contribution in [2.45, 2.75) is 0 Å². The Morgan fingerprint density at radius 1 is 1.32 bits per heavy atom. The molecular formula is C10H7N7OS. The van der Waals surface area contributed by atoms with Gasteiger partial charge in [-0.2, -0.15) is 5.10 Å². The number of rotatable bonds is 3. The Hall–Kier alpha value is -2.68. The first-order valence-electron chi connectivity index (χ1n) is 5.22. The highest BCUT2D eigenvalue weighted by Gasteiger charge is 2.10. The average molecular weight is 273 g/mol. The van der Waals surface area contributed by atoms with Crippen LogP contribution in [-0.4, -0.2) is 35.9 Å². The molecule has 3 heterocycles. The molecule has 19 heavy (non-hydrogen) atoms. The van der Waals surface area contributed by atoms with Gasteiger partial charge in [0.15, 0.2) is 16.6 Å². The highest BCUT2D eigenvalue weighted by molar-refractivity contribution is 7.13. The zero-order chi connectivity index (χ0) is 13.1. The summed E-state index contributed by atoms with van der Waals surface area (Å²) in [6, 6.07) is 3.20. The van der Waals surface area contributed by atoms with Gasteiger partial charge in [0, 0.05) is 11.6 Å². The minimum atomic E-state index is -0.354. The van der Waals surface area contributed by atoms with E-state index in [9.17, 15) is 4.79 Å². The zero-order valence-corrected chi connectivity index (χ0v) is 10.3. The number of thiazole rings is 1. The van der Waals surface area contributed by atoms with Gasteiger partial charge >= 0.3 is 0 Å². The minimum Gasteiger partial charge on any atom is -0.296 e. The summed E-state index contributed by atoms with van der Waals surface area (Å²) >= 11 is 1.33. The molecule has 0 aliphatic heterocycles. The van der Waals surface area contributed by atoms with Gasteiger partial charge in [-0.3, -0.25) is 10.1 Å². The molecule has 0 bridgehead atoms. The number of hydrogen-bond acceptors (Lipinski definition) is 7. The van der Waals surface area contributed by atoms with Crippen LogP contribution >= 0.6 is 11.3 Å². The number of aromatic nitrogens is 6. The summed E-state index contributed by atoms with van der Waals surface area (Å²) in [5, 5.41) is 16.6. The number of hydrogen-bond donors (Lipinski definition) is 1. The van der Waals surface area contributed by atoms with E-state index in [1.807, 2.05) is 0 Å². The smallest absolute Gasteiger partial charge is 0.277 e. The van der Waals surface area contributed by atoms with E-state index < -0.39 is 0 Å². The van der Waals surface area contributed by atoms with Crippen molar-refractivity contribution in [2.75, 3.05) is 5.32 Å². The van der Waals surface area contributed by atoms with Gasteiger partial charge in [-0.15, -0.1) is 21.5 Å². The molecule has 1 N–H and O–H groups in total. The lowest BCUT2D eigenvalue weighted by molar-refractivity contribution is 0.102. The first-order valence-corrected chi connectivity index (χ1v) is 6.10. The Morgan fingerprint density at radius 2 is 2.26 bits per heavy atom. The molecule has 0 radical (unpaired) electrons. The molecule has 0 atom stereocenters. The van der Waals surface area contributed by atoms with Crippen LogP contribution in [0, 0.1) is 0 Å². The molecule has 94 valence electrons. The lowest BCUT2D eigenvalue weighted by atomic mass is 10.3. The molecular weight excluding hydrogens is 266 g/mol. The highest BCUT2D eigenvalue weighted by Crippen LogP contribution is 2.11. The highest BCUT2D eigenvalue weighted by atomic mass is 32.1. The fourth-order valence-electron chi connectivity index (χ4n) is 1.34. The van der Waals surface area contributed by atoms with Crippen LogP contribution in [0.15, 0.2) is 36.4 Å². The summed E-state index contributed by atoms with van der Waals surface area (Å²) in [6.07, 6.45) is 4.50. The van der Waals surface area contributed by atoms with Gasteiger partial charge in [-0.25, -0.2) is 14.6 Å². The predicted octanol–water partition coefficient (Wildman–Crippen LogP) is 0.766. The molecule has 0 aliphatic rings. The van der Waals surface area contributed by atoms with Crippen molar-refractivity contribution in [1.82, 2.24) is 29.9 Å². The van der Waals surface area contributed by atoms with Crippen LogP contribution < -0.4 is 5.32 Å². The van der Waals surface area contributed by atoms with E-state index in [1.54, 1.807) is 23.7 Å². The van der Waals surface area contributed by atoms with Crippen molar-refractivity contribution in [3.8, 4) is 5.82 Å². The van der Waals surface area contributed by atoms with E-state index in [-0.39, 0.29) is 11.6 Å². The van der Waals surface area contributed by atoms with Crippen molar-refractivity contribution in [1.29, 1.82) is 0 Å². The number of anilines is 1. The summed E-state index contributed by atoms with van der Waals surface area (Å²) in [4.78, 5) is 19.6. The van der Waals surface area contributed by atoms with Crippen molar-refractivity contribution in [3.05, 3.63) is 42.1 Å². The van der Waals surface area contributed by atoms with Gasteiger partial charge in [-0.1, -0.05) is 0 Å². The summed E-state index contributed by atoms with van der Waals surface area (Å²) in [6.45, 7) is 0. The van der Waals surface area contributed by atoms with E-state index >= 15 is 0 Å². The largest absolute Gasteiger partial charge is 0.296 e. The van der Waals surface area contributed by atoms with Crippen molar-refractivity contribution < 1.29 is 4.79 Å².